The minimum absolute atomic E-state index is 0.0976. The molecule has 0 saturated heterocycles. The van der Waals surface area contributed by atoms with Gasteiger partial charge in [0.25, 0.3) is 0 Å². The van der Waals surface area contributed by atoms with Gasteiger partial charge in [0.15, 0.2) is 0 Å². The third-order valence-electron chi connectivity index (χ3n) is 15.2. The summed E-state index contributed by atoms with van der Waals surface area (Å²) >= 11 is 0. The van der Waals surface area contributed by atoms with Crippen molar-refractivity contribution in [3.63, 3.8) is 0 Å². The average molecular weight is 625 g/mol. The maximum atomic E-state index is 10.6. The van der Waals surface area contributed by atoms with Gasteiger partial charge < -0.3 is 5.11 Å². The van der Waals surface area contributed by atoms with Crippen molar-refractivity contribution >= 4 is 0 Å². The minimum atomic E-state index is -0.0976. The Morgan fingerprint density at radius 3 is 2.29 bits per heavy atom. The van der Waals surface area contributed by atoms with E-state index in [-0.39, 0.29) is 6.10 Å². The lowest BCUT2D eigenvalue weighted by Crippen LogP contribution is -2.52. The minimum Gasteiger partial charge on any atom is -0.393 e. The first kappa shape index (κ1) is 37.5. The fraction of sp³-hybridized carbons (Fsp3) is 0.955. The second-order valence-electron chi connectivity index (χ2n) is 19.6. The maximum absolute atomic E-state index is 10.6. The lowest BCUT2D eigenvalue weighted by Gasteiger charge is -2.61. The predicted octanol–water partition coefficient (Wildman–Crippen LogP) is 13.4. The monoisotopic (exact) mass is 625 g/mol. The van der Waals surface area contributed by atoms with Crippen LogP contribution in [0.1, 0.15) is 191 Å². The van der Waals surface area contributed by atoms with E-state index < -0.39 is 0 Å². The lowest BCUT2D eigenvalue weighted by atomic mass is 9.44. The summed E-state index contributed by atoms with van der Waals surface area (Å²) in [7, 11) is 0. The molecule has 262 valence electrons. The van der Waals surface area contributed by atoms with Crippen LogP contribution in [0.4, 0.5) is 0 Å². The first-order valence-corrected chi connectivity index (χ1v) is 20.6. The molecule has 45 heavy (non-hydrogen) atoms. The van der Waals surface area contributed by atoms with E-state index in [1.54, 1.807) is 0 Å². The number of hydrogen-bond acceptors (Lipinski definition) is 1. The average Bonchev–Trinajstić information content (AvgIpc) is 3.30. The van der Waals surface area contributed by atoms with Gasteiger partial charge in [-0.05, 0) is 159 Å². The van der Waals surface area contributed by atoms with Gasteiger partial charge in [0.1, 0.15) is 0 Å². The summed E-state index contributed by atoms with van der Waals surface area (Å²) in [4.78, 5) is 0. The molecule has 0 radical (unpaired) electrons. The first-order valence-electron chi connectivity index (χ1n) is 20.6. The normalized spacial score (nSPS) is 37.6. The Morgan fingerprint density at radius 1 is 0.867 bits per heavy atom. The number of allylic oxidation sites excluding steroid dienone is 2. The van der Waals surface area contributed by atoms with Gasteiger partial charge in [-0.15, -0.1) is 0 Å². The van der Waals surface area contributed by atoms with Gasteiger partial charge >= 0.3 is 0 Å². The van der Waals surface area contributed by atoms with Crippen LogP contribution in [0, 0.1) is 69.5 Å². The van der Waals surface area contributed by atoms with E-state index >= 15 is 0 Å². The molecule has 1 N–H and O–H groups in total. The largest absolute Gasteiger partial charge is 0.393 e. The smallest absolute Gasteiger partial charge is 0.0542 e. The van der Waals surface area contributed by atoms with E-state index in [4.69, 9.17) is 0 Å². The zero-order valence-corrected chi connectivity index (χ0v) is 32.2. The van der Waals surface area contributed by atoms with Gasteiger partial charge in [0.2, 0.25) is 0 Å². The van der Waals surface area contributed by atoms with E-state index in [0.29, 0.717) is 22.2 Å². The summed E-state index contributed by atoms with van der Waals surface area (Å²) in [5.41, 5.74) is 3.54. The third-order valence-corrected chi connectivity index (χ3v) is 15.2. The molecule has 1 nitrogen and oxygen atoms in total. The zero-order chi connectivity index (χ0) is 33.0. The SMILES string of the molecule is CCCC(CCC(O)CC(C)CC)CC(C)CC1CCC2C(=CCC3C4CCC(CCCCC(C)(C)C)C4(C)CCC23C)C1C. The third kappa shape index (κ3) is 9.04. The summed E-state index contributed by atoms with van der Waals surface area (Å²) in [5, 5.41) is 10.6. The van der Waals surface area contributed by atoms with Crippen LogP contribution in [-0.2, 0) is 0 Å². The van der Waals surface area contributed by atoms with Crippen LogP contribution in [0.3, 0.4) is 0 Å². The van der Waals surface area contributed by atoms with Crippen LogP contribution < -0.4 is 0 Å². The highest BCUT2D eigenvalue weighted by atomic mass is 16.3. The molecule has 0 spiro atoms. The Hall–Kier alpha value is -0.300. The molecule has 0 aromatic heterocycles. The van der Waals surface area contributed by atoms with Gasteiger partial charge in [0.05, 0.1) is 6.10 Å². The van der Waals surface area contributed by atoms with Crippen molar-refractivity contribution in [1.29, 1.82) is 0 Å². The molecular formula is C44H80O. The Morgan fingerprint density at radius 2 is 1.60 bits per heavy atom. The highest BCUT2D eigenvalue weighted by molar-refractivity contribution is 5.25. The highest BCUT2D eigenvalue weighted by Crippen LogP contribution is 2.69. The van der Waals surface area contributed by atoms with E-state index in [9.17, 15) is 5.11 Å². The molecule has 3 fully saturated rings. The summed E-state index contributed by atoms with van der Waals surface area (Å²) < 4.78 is 0. The molecule has 0 aromatic carbocycles. The Bertz CT molecular complexity index is 926. The summed E-state index contributed by atoms with van der Waals surface area (Å²) in [6.45, 7) is 24.8. The lowest BCUT2D eigenvalue weighted by molar-refractivity contribution is -0.0788. The van der Waals surface area contributed by atoms with Crippen LogP contribution in [0.25, 0.3) is 0 Å². The van der Waals surface area contributed by atoms with E-state index in [1.807, 2.05) is 5.57 Å². The summed E-state index contributed by atoms with van der Waals surface area (Å²) in [6, 6.07) is 0. The van der Waals surface area contributed by atoms with Gasteiger partial charge in [-0.1, -0.05) is 113 Å². The Labute approximate surface area is 283 Å². The molecule has 1 heteroatoms. The van der Waals surface area contributed by atoms with Crippen LogP contribution in [0.15, 0.2) is 11.6 Å². The zero-order valence-electron chi connectivity index (χ0n) is 32.2. The number of unbranched alkanes of at least 4 members (excludes halogenated alkanes) is 1. The van der Waals surface area contributed by atoms with Crippen LogP contribution >= 0.6 is 0 Å². The van der Waals surface area contributed by atoms with Crippen LogP contribution in [0.5, 0.6) is 0 Å². The van der Waals surface area contributed by atoms with Crippen molar-refractivity contribution < 1.29 is 5.11 Å². The molecule has 0 amide bonds. The van der Waals surface area contributed by atoms with Crippen LogP contribution in [0.2, 0.25) is 0 Å². The molecule has 12 unspecified atom stereocenters. The number of fused-ring (bicyclic) bond motifs is 5. The van der Waals surface area contributed by atoms with Crippen molar-refractivity contribution in [1.82, 2.24) is 0 Å². The Balaban J connectivity index is 1.33. The summed E-state index contributed by atoms with van der Waals surface area (Å²) in [6.07, 6.45) is 28.6. The molecule has 12 atom stereocenters. The number of rotatable bonds is 16. The standard InChI is InChI=1S/C44H80O/c1-11-15-34(17-20-37(45)30-31(3)12-2)28-32(4)29-35-18-22-39-38(33(35)5)21-24-41-40-23-19-36(16-13-14-25-42(6,7)8)43(40,9)26-27-44(39,41)10/h21,31-37,39-41,45H,11-20,22-30H2,1-10H3. The van der Waals surface area contributed by atoms with Gasteiger partial charge in [-0.25, -0.2) is 0 Å². The quantitative estimate of drug-likeness (QED) is 0.134. The molecule has 4 rings (SSSR count). The first-order chi connectivity index (χ1) is 21.2. The van der Waals surface area contributed by atoms with Gasteiger partial charge in [0, 0.05) is 0 Å². The highest BCUT2D eigenvalue weighted by Gasteiger charge is 2.60. The fourth-order valence-corrected chi connectivity index (χ4v) is 12.1. The van der Waals surface area contributed by atoms with E-state index in [2.05, 4.69) is 75.3 Å². The number of hydrogen-bond donors (Lipinski definition) is 1. The fourth-order valence-electron chi connectivity index (χ4n) is 12.1. The van der Waals surface area contributed by atoms with Crippen molar-refractivity contribution in [2.45, 2.75) is 197 Å². The summed E-state index contributed by atoms with van der Waals surface area (Å²) in [5.74, 6) is 7.62. The molecule has 3 saturated carbocycles. The molecule has 0 aliphatic heterocycles. The second-order valence-corrected chi connectivity index (χ2v) is 19.6. The topological polar surface area (TPSA) is 20.2 Å². The molecule has 4 aliphatic carbocycles. The molecular weight excluding hydrogens is 544 g/mol. The van der Waals surface area contributed by atoms with Crippen molar-refractivity contribution in [3.8, 4) is 0 Å². The van der Waals surface area contributed by atoms with E-state index in [1.165, 1.54) is 109 Å². The van der Waals surface area contributed by atoms with Crippen LogP contribution in [-0.4, -0.2) is 11.2 Å². The predicted molar refractivity (Wildman–Crippen MR) is 197 cm³/mol. The van der Waals surface area contributed by atoms with Gasteiger partial charge in [-0.3, -0.25) is 0 Å². The van der Waals surface area contributed by atoms with Crippen molar-refractivity contribution in [2.75, 3.05) is 0 Å². The number of aliphatic hydroxyl groups is 1. The van der Waals surface area contributed by atoms with Gasteiger partial charge in [-0.2, -0.15) is 0 Å². The molecule has 0 aromatic rings. The molecule has 0 bridgehead atoms. The maximum Gasteiger partial charge on any atom is 0.0542 e. The number of aliphatic hydroxyl groups excluding tert-OH is 1. The molecule has 0 heterocycles. The molecule has 4 aliphatic rings. The van der Waals surface area contributed by atoms with Crippen molar-refractivity contribution in [2.24, 2.45) is 69.5 Å². The van der Waals surface area contributed by atoms with E-state index in [0.717, 1.165) is 60.2 Å². The van der Waals surface area contributed by atoms with Crippen molar-refractivity contribution in [3.05, 3.63) is 11.6 Å². The Kier molecular flexibility index (Phi) is 13.3. The second kappa shape index (κ2) is 15.9.